The minimum atomic E-state index is 0.862. The first kappa shape index (κ1) is 5.22. The van der Waals surface area contributed by atoms with Crippen LogP contribution in [0.5, 0.6) is 0 Å². The number of dihydropyridines is 1. The summed E-state index contributed by atoms with van der Waals surface area (Å²) in [5, 5.41) is 3.12. The summed E-state index contributed by atoms with van der Waals surface area (Å²) in [5.74, 6) is 0. The molecule has 0 atom stereocenters. The van der Waals surface area contributed by atoms with E-state index in [-0.39, 0.29) is 0 Å². The van der Waals surface area contributed by atoms with Crippen molar-refractivity contribution >= 4 is 0 Å². The highest BCUT2D eigenvalue weighted by atomic mass is 14.9. The SMILES string of the molecule is CC1=CC(N)=CCN1. The summed E-state index contributed by atoms with van der Waals surface area (Å²) in [6.07, 6.45) is 3.87. The highest BCUT2D eigenvalue weighted by molar-refractivity contribution is 5.23. The second-order valence-electron chi connectivity index (χ2n) is 1.91. The standard InChI is InChI=1S/C6H10N2/c1-5-4-6(7)2-3-8-5/h2,4,8H,3,7H2,1H3. The molecule has 0 aromatic heterocycles. The molecule has 0 aromatic rings. The van der Waals surface area contributed by atoms with Gasteiger partial charge in [-0.3, -0.25) is 0 Å². The summed E-state index contributed by atoms with van der Waals surface area (Å²) in [7, 11) is 0. The molecule has 2 nitrogen and oxygen atoms in total. The molecule has 0 saturated heterocycles. The Morgan fingerprint density at radius 2 is 2.50 bits per heavy atom. The lowest BCUT2D eigenvalue weighted by atomic mass is 10.3. The van der Waals surface area contributed by atoms with E-state index in [0.29, 0.717) is 0 Å². The van der Waals surface area contributed by atoms with Crippen LogP contribution in [-0.2, 0) is 0 Å². The number of nitrogens with two attached hydrogens (primary N) is 1. The molecule has 0 unspecified atom stereocenters. The van der Waals surface area contributed by atoms with Gasteiger partial charge in [-0.1, -0.05) is 0 Å². The van der Waals surface area contributed by atoms with Gasteiger partial charge in [0.1, 0.15) is 0 Å². The summed E-state index contributed by atoms with van der Waals surface area (Å²) in [4.78, 5) is 0. The van der Waals surface area contributed by atoms with E-state index in [1.54, 1.807) is 0 Å². The molecule has 1 rings (SSSR count). The highest BCUT2D eigenvalue weighted by Gasteiger charge is 1.93. The van der Waals surface area contributed by atoms with Gasteiger partial charge in [0, 0.05) is 17.9 Å². The van der Waals surface area contributed by atoms with E-state index < -0.39 is 0 Å². The maximum absolute atomic E-state index is 5.47. The van der Waals surface area contributed by atoms with Crippen LogP contribution in [0.1, 0.15) is 6.92 Å². The van der Waals surface area contributed by atoms with Gasteiger partial charge in [-0.05, 0) is 19.1 Å². The third-order valence-corrected chi connectivity index (χ3v) is 1.10. The minimum absolute atomic E-state index is 0.862. The van der Waals surface area contributed by atoms with Crippen molar-refractivity contribution in [2.24, 2.45) is 5.73 Å². The highest BCUT2D eigenvalue weighted by Crippen LogP contribution is 1.97. The molecule has 0 saturated carbocycles. The number of rotatable bonds is 0. The minimum Gasteiger partial charge on any atom is -0.399 e. The van der Waals surface area contributed by atoms with E-state index in [4.69, 9.17) is 5.73 Å². The van der Waals surface area contributed by atoms with E-state index in [1.165, 1.54) is 0 Å². The lowest BCUT2D eigenvalue weighted by Crippen LogP contribution is -2.17. The van der Waals surface area contributed by atoms with E-state index >= 15 is 0 Å². The molecule has 0 aliphatic carbocycles. The predicted octanol–water partition coefficient (Wildman–Crippen LogP) is 0.336. The summed E-state index contributed by atoms with van der Waals surface area (Å²) < 4.78 is 0. The molecule has 0 radical (unpaired) electrons. The summed E-state index contributed by atoms with van der Waals surface area (Å²) in [5.41, 5.74) is 7.48. The van der Waals surface area contributed by atoms with Crippen molar-refractivity contribution in [2.45, 2.75) is 6.92 Å². The predicted molar refractivity (Wildman–Crippen MR) is 34.0 cm³/mol. The Balaban J connectivity index is 2.69. The number of allylic oxidation sites excluding steroid dienone is 2. The van der Waals surface area contributed by atoms with Gasteiger partial charge in [-0.15, -0.1) is 0 Å². The zero-order valence-corrected chi connectivity index (χ0v) is 4.94. The fraction of sp³-hybridized carbons (Fsp3) is 0.333. The Morgan fingerprint density at radius 3 is 2.88 bits per heavy atom. The molecule has 44 valence electrons. The Bertz CT molecular complexity index is 145. The molecule has 1 heterocycles. The fourth-order valence-corrected chi connectivity index (χ4v) is 0.690. The summed E-state index contributed by atoms with van der Waals surface area (Å²) >= 11 is 0. The zero-order chi connectivity index (χ0) is 5.98. The number of hydrogen-bond donors (Lipinski definition) is 2. The van der Waals surface area contributed by atoms with Gasteiger partial charge in [-0.25, -0.2) is 0 Å². The quantitative estimate of drug-likeness (QED) is 0.471. The van der Waals surface area contributed by atoms with Gasteiger partial charge < -0.3 is 11.1 Å². The normalized spacial score (nSPS) is 18.6. The smallest absolute Gasteiger partial charge is 0.0350 e. The average Bonchev–Trinajstić information content (AvgIpc) is 1.64. The van der Waals surface area contributed by atoms with Crippen LogP contribution in [0.3, 0.4) is 0 Å². The lowest BCUT2D eigenvalue weighted by Gasteiger charge is -2.08. The molecule has 3 N–H and O–H groups in total. The molecule has 1 aliphatic rings. The maximum atomic E-state index is 5.47. The Labute approximate surface area is 49.1 Å². The van der Waals surface area contributed by atoms with Crippen molar-refractivity contribution in [1.82, 2.24) is 5.32 Å². The van der Waals surface area contributed by atoms with Crippen LogP contribution in [-0.4, -0.2) is 6.54 Å². The van der Waals surface area contributed by atoms with Crippen LogP contribution >= 0.6 is 0 Å². The van der Waals surface area contributed by atoms with Crippen molar-refractivity contribution < 1.29 is 0 Å². The molecule has 2 heteroatoms. The number of nitrogens with one attached hydrogen (secondary N) is 1. The molecule has 0 spiro atoms. The van der Waals surface area contributed by atoms with Gasteiger partial charge in [0.05, 0.1) is 0 Å². The Morgan fingerprint density at radius 1 is 1.75 bits per heavy atom. The van der Waals surface area contributed by atoms with Crippen LogP contribution in [0, 0.1) is 0 Å². The summed E-state index contributed by atoms with van der Waals surface area (Å²) in [6.45, 7) is 2.87. The van der Waals surface area contributed by atoms with Gasteiger partial charge in [-0.2, -0.15) is 0 Å². The molecule has 8 heavy (non-hydrogen) atoms. The van der Waals surface area contributed by atoms with Crippen molar-refractivity contribution in [1.29, 1.82) is 0 Å². The molecule has 0 amide bonds. The van der Waals surface area contributed by atoms with E-state index in [0.717, 1.165) is 17.9 Å². The van der Waals surface area contributed by atoms with Gasteiger partial charge in [0.15, 0.2) is 0 Å². The lowest BCUT2D eigenvalue weighted by molar-refractivity contribution is 0.877. The van der Waals surface area contributed by atoms with Crippen molar-refractivity contribution in [3.8, 4) is 0 Å². The topological polar surface area (TPSA) is 38.0 Å². The largest absolute Gasteiger partial charge is 0.399 e. The summed E-state index contributed by atoms with van der Waals surface area (Å²) in [6, 6.07) is 0. The van der Waals surface area contributed by atoms with Gasteiger partial charge in [0.2, 0.25) is 0 Å². The van der Waals surface area contributed by atoms with Crippen molar-refractivity contribution in [3.05, 3.63) is 23.5 Å². The monoisotopic (exact) mass is 110 g/mol. The van der Waals surface area contributed by atoms with E-state index in [9.17, 15) is 0 Å². The van der Waals surface area contributed by atoms with E-state index in [1.807, 2.05) is 19.1 Å². The zero-order valence-electron chi connectivity index (χ0n) is 4.94. The average molecular weight is 110 g/mol. The van der Waals surface area contributed by atoms with Crippen molar-refractivity contribution in [3.63, 3.8) is 0 Å². The molecule has 0 fully saturated rings. The van der Waals surface area contributed by atoms with Crippen LogP contribution in [0.25, 0.3) is 0 Å². The van der Waals surface area contributed by atoms with Crippen LogP contribution < -0.4 is 11.1 Å². The molecule has 1 aliphatic heterocycles. The van der Waals surface area contributed by atoms with Gasteiger partial charge >= 0.3 is 0 Å². The van der Waals surface area contributed by atoms with Gasteiger partial charge in [0.25, 0.3) is 0 Å². The molecule has 0 aromatic carbocycles. The Hall–Kier alpha value is -0.920. The van der Waals surface area contributed by atoms with Crippen LogP contribution in [0.2, 0.25) is 0 Å². The maximum Gasteiger partial charge on any atom is 0.0350 e. The second-order valence-corrected chi connectivity index (χ2v) is 1.91. The first-order valence-electron chi connectivity index (χ1n) is 2.67. The van der Waals surface area contributed by atoms with Crippen LogP contribution in [0.4, 0.5) is 0 Å². The third-order valence-electron chi connectivity index (χ3n) is 1.10. The first-order chi connectivity index (χ1) is 3.79. The Kier molecular flexibility index (Phi) is 1.24. The first-order valence-corrected chi connectivity index (χ1v) is 2.67. The fourth-order valence-electron chi connectivity index (χ4n) is 0.690. The molecule has 0 bridgehead atoms. The molecular weight excluding hydrogens is 100 g/mol. The van der Waals surface area contributed by atoms with E-state index in [2.05, 4.69) is 5.32 Å². The number of hydrogen-bond acceptors (Lipinski definition) is 2. The van der Waals surface area contributed by atoms with Crippen molar-refractivity contribution in [2.75, 3.05) is 6.54 Å². The second kappa shape index (κ2) is 1.90. The molecular formula is C6H10N2. The van der Waals surface area contributed by atoms with Crippen LogP contribution in [0.15, 0.2) is 23.5 Å². The third kappa shape index (κ3) is 1.03.